The third kappa shape index (κ3) is 4.99. The number of para-hydroxylation sites is 1. The number of nitrogens with two attached hydrogens (primary N) is 1. The first-order chi connectivity index (χ1) is 13.5. The number of hydrogen-bond acceptors (Lipinski definition) is 4. The Balaban J connectivity index is 1.86. The predicted octanol–water partition coefficient (Wildman–Crippen LogP) is 4.75. The number of rotatable bonds is 7. The van der Waals surface area contributed by atoms with Gasteiger partial charge in [-0.05, 0) is 42.7 Å². The molecule has 0 radical (unpaired) electrons. The maximum atomic E-state index is 12.0. The summed E-state index contributed by atoms with van der Waals surface area (Å²) in [5, 5.41) is 0. The van der Waals surface area contributed by atoms with Crippen molar-refractivity contribution in [2.75, 3.05) is 0 Å². The number of carbonyl (C=O) groups is 1. The molecule has 0 aliphatic heterocycles. The number of hydrogen-bond donors (Lipinski definition) is 1. The fourth-order valence-electron chi connectivity index (χ4n) is 2.93. The molecule has 0 saturated heterocycles. The summed E-state index contributed by atoms with van der Waals surface area (Å²) in [6.45, 7) is 3.43. The van der Waals surface area contributed by atoms with E-state index >= 15 is 0 Å². The van der Waals surface area contributed by atoms with Crippen molar-refractivity contribution in [2.45, 2.75) is 32.1 Å². The molecule has 4 heteroatoms. The van der Waals surface area contributed by atoms with Gasteiger partial charge in [-0.2, -0.15) is 0 Å². The maximum Gasteiger partial charge on any atom is 0.323 e. The first kappa shape index (κ1) is 19.6. The zero-order valence-corrected chi connectivity index (χ0v) is 16.1. The molecule has 0 aliphatic rings. The molecule has 2 N–H and O–H groups in total. The molecule has 3 atom stereocenters. The lowest BCUT2D eigenvalue weighted by Gasteiger charge is -2.26. The van der Waals surface area contributed by atoms with Gasteiger partial charge in [0.05, 0.1) is 0 Å². The summed E-state index contributed by atoms with van der Waals surface area (Å²) < 4.78 is 11.7. The van der Waals surface area contributed by atoms with E-state index in [1.807, 2.05) is 79.7 Å². The number of esters is 1. The zero-order valence-electron chi connectivity index (χ0n) is 16.1. The van der Waals surface area contributed by atoms with Crippen LogP contribution in [0.15, 0.2) is 84.9 Å². The lowest BCUT2D eigenvalue weighted by atomic mass is 10.00. The molecule has 3 aromatic rings. The Morgan fingerprint density at radius 3 is 1.89 bits per heavy atom. The van der Waals surface area contributed by atoms with Crippen LogP contribution in [-0.2, 0) is 9.53 Å². The Morgan fingerprint density at radius 1 is 0.786 bits per heavy atom. The van der Waals surface area contributed by atoms with Crippen LogP contribution in [0, 0.1) is 0 Å². The Labute approximate surface area is 165 Å². The normalized spacial score (nSPS) is 14.0. The highest BCUT2D eigenvalue weighted by molar-refractivity contribution is 5.75. The summed E-state index contributed by atoms with van der Waals surface area (Å²) in [5.41, 5.74) is 8.83. The van der Waals surface area contributed by atoms with Crippen molar-refractivity contribution in [3.8, 4) is 16.9 Å². The molecule has 3 rings (SSSR count). The lowest BCUT2D eigenvalue weighted by Crippen LogP contribution is -2.34. The summed E-state index contributed by atoms with van der Waals surface area (Å²) in [6.07, 6.45) is -0.948. The topological polar surface area (TPSA) is 61.6 Å². The van der Waals surface area contributed by atoms with Gasteiger partial charge in [-0.1, -0.05) is 72.8 Å². The predicted molar refractivity (Wildman–Crippen MR) is 111 cm³/mol. The Bertz CT molecular complexity index is 877. The van der Waals surface area contributed by atoms with Gasteiger partial charge in [-0.3, -0.25) is 4.79 Å². The van der Waals surface area contributed by atoms with Gasteiger partial charge in [-0.15, -0.1) is 0 Å². The molecule has 0 spiro atoms. The SMILES string of the molecule is C[C@H](N)C(=O)O[C@@H](C)[C@H](Oc1ccccc1)c1ccc(-c2ccccc2)cc1. The molecule has 144 valence electrons. The molecule has 0 saturated carbocycles. The molecule has 28 heavy (non-hydrogen) atoms. The zero-order chi connectivity index (χ0) is 19.9. The molecule has 0 amide bonds. The van der Waals surface area contributed by atoms with E-state index in [-0.39, 0.29) is 0 Å². The second-order valence-electron chi connectivity index (χ2n) is 6.77. The van der Waals surface area contributed by atoms with Crippen LogP contribution in [0.2, 0.25) is 0 Å². The third-order valence-corrected chi connectivity index (χ3v) is 4.45. The van der Waals surface area contributed by atoms with Crippen molar-refractivity contribution in [3.63, 3.8) is 0 Å². The summed E-state index contributed by atoms with van der Waals surface area (Å²) in [5.74, 6) is 0.262. The first-order valence-corrected chi connectivity index (χ1v) is 9.38. The third-order valence-electron chi connectivity index (χ3n) is 4.45. The van der Waals surface area contributed by atoms with Crippen molar-refractivity contribution in [3.05, 3.63) is 90.5 Å². The Morgan fingerprint density at radius 2 is 1.32 bits per heavy atom. The smallest absolute Gasteiger partial charge is 0.323 e. The van der Waals surface area contributed by atoms with Crippen LogP contribution >= 0.6 is 0 Å². The fourth-order valence-corrected chi connectivity index (χ4v) is 2.93. The van der Waals surface area contributed by atoms with Gasteiger partial charge < -0.3 is 15.2 Å². The molecular weight excluding hydrogens is 350 g/mol. The number of benzene rings is 3. The molecule has 0 fully saturated rings. The largest absolute Gasteiger partial charge is 0.482 e. The average molecular weight is 375 g/mol. The van der Waals surface area contributed by atoms with Crippen LogP contribution in [-0.4, -0.2) is 18.1 Å². The molecular formula is C24H25NO3. The second-order valence-corrected chi connectivity index (χ2v) is 6.77. The molecule has 3 aromatic carbocycles. The summed E-state index contributed by atoms with van der Waals surface area (Å²) in [4.78, 5) is 12.0. The van der Waals surface area contributed by atoms with Gasteiger partial charge in [0.15, 0.2) is 6.10 Å². The highest BCUT2D eigenvalue weighted by Gasteiger charge is 2.26. The maximum absolute atomic E-state index is 12.0. The molecule has 0 bridgehead atoms. The van der Waals surface area contributed by atoms with Crippen molar-refractivity contribution in [2.24, 2.45) is 5.73 Å². The molecule has 4 nitrogen and oxygen atoms in total. The van der Waals surface area contributed by atoms with Crippen LogP contribution in [0.3, 0.4) is 0 Å². The van der Waals surface area contributed by atoms with E-state index in [1.165, 1.54) is 0 Å². The van der Waals surface area contributed by atoms with E-state index in [4.69, 9.17) is 15.2 Å². The molecule has 0 aliphatic carbocycles. The number of ether oxygens (including phenoxy) is 2. The van der Waals surface area contributed by atoms with Crippen LogP contribution in [0.1, 0.15) is 25.5 Å². The van der Waals surface area contributed by atoms with Crippen molar-refractivity contribution < 1.29 is 14.3 Å². The van der Waals surface area contributed by atoms with E-state index in [0.29, 0.717) is 5.75 Å². The molecule has 0 unspecified atom stereocenters. The highest BCUT2D eigenvalue weighted by Crippen LogP contribution is 2.29. The van der Waals surface area contributed by atoms with Crippen LogP contribution in [0.4, 0.5) is 0 Å². The van der Waals surface area contributed by atoms with Gasteiger partial charge >= 0.3 is 5.97 Å². The molecule has 0 aromatic heterocycles. The Kier molecular flexibility index (Phi) is 6.45. The van der Waals surface area contributed by atoms with Crippen LogP contribution in [0.25, 0.3) is 11.1 Å². The van der Waals surface area contributed by atoms with Crippen molar-refractivity contribution >= 4 is 5.97 Å². The lowest BCUT2D eigenvalue weighted by molar-refractivity contribution is -0.154. The Hall–Kier alpha value is -3.11. The summed E-state index contributed by atoms with van der Waals surface area (Å²) in [6, 6.07) is 27.1. The monoisotopic (exact) mass is 375 g/mol. The van der Waals surface area contributed by atoms with Gasteiger partial charge in [0.2, 0.25) is 0 Å². The fraction of sp³-hybridized carbons (Fsp3) is 0.208. The average Bonchev–Trinajstić information content (AvgIpc) is 2.73. The first-order valence-electron chi connectivity index (χ1n) is 9.38. The molecule has 0 heterocycles. The van der Waals surface area contributed by atoms with Crippen molar-refractivity contribution in [1.29, 1.82) is 0 Å². The summed E-state index contributed by atoms with van der Waals surface area (Å²) in [7, 11) is 0. The van der Waals surface area contributed by atoms with Crippen molar-refractivity contribution in [1.82, 2.24) is 0 Å². The minimum Gasteiger partial charge on any atom is -0.482 e. The van der Waals surface area contributed by atoms with E-state index in [0.717, 1.165) is 16.7 Å². The second kappa shape index (κ2) is 9.20. The van der Waals surface area contributed by atoms with E-state index in [1.54, 1.807) is 6.92 Å². The highest BCUT2D eigenvalue weighted by atomic mass is 16.6. The van der Waals surface area contributed by atoms with Gasteiger partial charge in [0, 0.05) is 0 Å². The quantitative estimate of drug-likeness (QED) is 0.605. The number of carbonyl (C=O) groups excluding carboxylic acids is 1. The standard InChI is InChI=1S/C24H25NO3/c1-17(25)24(26)27-18(2)23(28-22-11-7-4-8-12-22)21-15-13-20(14-16-21)19-9-5-3-6-10-19/h3-18,23H,25H2,1-2H3/t17-,18-,23-/m0/s1. The minimum absolute atomic E-state index is 0.449. The van der Waals surface area contributed by atoms with Gasteiger partial charge in [-0.25, -0.2) is 0 Å². The van der Waals surface area contributed by atoms with Crippen LogP contribution < -0.4 is 10.5 Å². The van der Waals surface area contributed by atoms with E-state index in [2.05, 4.69) is 12.1 Å². The summed E-state index contributed by atoms with van der Waals surface area (Å²) >= 11 is 0. The van der Waals surface area contributed by atoms with Gasteiger partial charge in [0.1, 0.15) is 17.9 Å². The minimum atomic E-state index is -0.680. The van der Waals surface area contributed by atoms with Crippen LogP contribution in [0.5, 0.6) is 5.75 Å². The van der Waals surface area contributed by atoms with Gasteiger partial charge in [0.25, 0.3) is 0 Å². The van der Waals surface area contributed by atoms with E-state index in [9.17, 15) is 4.79 Å². The van der Waals surface area contributed by atoms with E-state index < -0.39 is 24.2 Å².